The van der Waals surface area contributed by atoms with Gasteiger partial charge in [0.15, 0.2) is 11.5 Å². The molecule has 1 aliphatic heterocycles. The Balaban J connectivity index is 1.77. The minimum absolute atomic E-state index is 0.168. The van der Waals surface area contributed by atoms with Crippen molar-refractivity contribution in [3.8, 4) is 11.3 Å². The smallest absolute Gasteiger partial charge is 0.276 e. The molecule has 0 bridgehead atoms. The van der Waals surface area contributed by atoms with Gasteiger partial charge in [0, 0.05) is 29.7 Å². The summed E-state index contributed by atoms with van der Waals surface area (Å²) in [7, 11) is 0. The molecule has 1 aromatic heterocycles. The summed E-state index contributed by atoms with van der Waals surface area (Å²) >= 11 is 5.94. The second-order valence-electron chi connectivity index (χ2n) is 5.11. The predicted octanol–water partition coefficient (Wildman–Crippen LogP) is 2.59. The number of rotatable bonds is 2. The van der Waals surface area contributed by atoms with Gasteiger partial charge in [-0.05, 0) is 25.0 Å². The summed E-state index contributed by atoms with van der Waals surface area (Å²) in [4.78, 5) is 14.0. The molecular weight excluding hydrogens is 292 g/mol. The molecule has 0 spiro atoms. The van der Waals surface area contributed by atoms with Crippen LogP contribution >= 0.6 is 11.6 Å². The molecule has 1 aromatic carbocycles. The van der Waals surface area contributed by atoms with Crippen molar-refractivity contribution in [3.63, 3.8) is 0 Å². The largest absolute Gasteiger partial charge is 0.393 e. The van der Waals surface area contributed by atoms with E-state index in [2.05, 4.69) is 5.16 Å². The van der Waals surface area contributed by atoms with E-state index in [1.165, 1.54) is 0 Å². The summed E-state index contributed by atoms with van der Waals surface area (Å²) in [6.07, 6.45) is 0.892. The monoisotopic (exact) mass is 306 g/mol. The molecule has 2 aromatic rings. The number of carbonyl (C=O) groups is 1. The van der Waals surface area contributed by atoms with Crippen LogP contribution in [-0.4, -0.2) is 40.3 Å². The maximum Gasteiger partial charge on any atom is 0.276 e. The molecular formula is C15H15ClN2O3. The minimum atomic E-state index is -0.312. The van der Waals surface area contributed by atoms with Crippen LogP contribution in [0.2, 0.25) is 5.02 Å². The van der Waals surface area contributed by atoms with E-state index in [0.717, 1.165) is 5.56 Å². The maximum absolute atomic E-state index is 12.3. The van der Waals surface area contributed by atoms with E-state index < -0.39 is 0 Å². The van der Waals surface area contributed by atoms with Crippen molar-refractivity contribution in [2.24, 2.45) is 0 Å². The van der Waals surface area contributed by atoms with Crippen LogP contribution in [0.4, 0.5) is 0 Å². The van der Waals surface area contributed by atoms with Gasteiger partial charge in [0.25, 0.3) is 5.91 Å². The highest BCUT2D eigenvalue weighted by molar-refractivity contribution is 6.30. The van der Waals surface area contributed by atoms with Crippen molar-refractivity contribution in [2.45, 2.75) is 18.9 Å². The van der Waals surface area contributed by atoms with Gasteiger partial charge in [-0.1, -0.05) is 28.9 Å². The van der Waals surface area contributed by atoms with Crippen molar-refractivity contribution in [3.05, 3.63) is 41.0 Å². The summed E-state index contributed by atoms with van der Waals surface area (Å²) in [5, 5.41) is 13.9. The molecule has 1 saturated heterocycles. The van der Waals surface area contributed by atoms with E-state index in [0.29, 0.717) is 36.7 Å². The van der Waals surface area contributed by atoms with Crippen molar-refractivity contribution in [2.75, 3.05) is 13.1 Å². The van der Waals surface area contributed by atoms with Crippen LogP contribution in [0.25, 0.3) is 11.3 Å². The van der Waals surface area contributed by atoms with E-state index >= 15 is 0 Å². The van der Waals surface area contributed by atoms with E-state index in [1.54, 1.807) is 23.1 Å². The number of hydrogen-bond acceptors (Lipinski definition) is 4. The number of aliphatic hydroxyl groups is 1. The van der Waals surface area contributed by atoms with E-state index in [1.807, 2.05) is 12.1 Å². The van der Waals surface area contributed by atoms with Crippen molar-refractivity contribution in [1.29, 1.82) is 0 Å². The maximum atomic E-state index is 12.3. The zero-order chi connectivity index (χ0) is 14.8. The fraction of sp³-hybridized carbons (Fsp3) is 0.333. The van der Waals surface area contributed by atoms with E-state index in [4.69, 9.17) is 16.1 Å². The van der Waals surface area contributed by atoms with Crippen LogP contribution < -0.4 is 0 Å². The van der Waals surface area contributed by atoms with Crippen LogP contribution in [0.3, 0.4) is 0 Å². The third-order valence-electron chi connectivity index (χ3n) is 3.59. The molecule has 21 heavy (non-hydrogen) atoms. The number of carbonyl (C=O) groups excluding carboxylic acids is 1. The lowest BCUT2D eigenvalue weighted by Crippen LogP contribution is -2.40. The summed E-state index contributed by atoms with van der Waals surface area (Å²) in [6, 6.07) is 8.81. The molecule has 110 valence electrons. The fourth-order valence-corrected chi connectivity index (χ4v) is 2.58. The Labute approximate surface area is 127 Å². The van der Waals surface area contributed by atoms with Gasteiger partial charge in [0.2, 0.25) is 0 Å². The molecule has 5 nitrogen and oxygen atoms in total. The third-order valence-corrected chi connectivity index (χ3v) is 3.83. The van der Waals surface area contributed by atoms with E-state index in [-0.39, 0.29) is 17.7 Å². The Kier molecular flexibility index (Phi) is 3.94. The lowest BCUT2D eigenvalue weighted by molar-refractivity contribution is 0.0538. The SMILES string of the molecule is O=C(c1cc(-c2cccc(Cl)c2)on1)N1CCC(O)CC1. The van der Waals surface area contributed by atoms with Crippen LogP contribution in [0, 0.1) is 0 Å². The summed E-state index contributed by atoms with van der Waals surface area (Å²) < 4.78 is 5.23. The second-order valence-corrected chi connectivity index (χ2v) is 5.55. The minimum Gasteiger partial charge on any atom is -0.393 e. The molecule has 2 heterocycles. The lowest BCUT2D eigenvalue weighted by Gasteiger charge is -2.28. The molecule has 0 atom stereocenters. The average molecular weight is 307 g/mol. The normalized spacial score (nSPS) is 16.2. The lowest BCUT2D eigenvalue weighted by atomic mass is 10.1. The molecule has 0 unspecified atom stereocenters. The van der Waals surface area contributed by atoms with Crippen LogP contribution in [0.15, 0.2) is 34.9 Å². The van der Waals surface area contributed by atoms with Gasteiger partial charge < -0.3 is 14.5 Å². The van der Waals surface area contributed by atoms with Gasteiger partial charge >= 0.3 is 0 Å². The Morgan fingerprint density at radius 2 is 2.10 bits per heavy atom. The number of nitrogens with zero attached hydrogens (tertiary/aromatic N) is 2. The first-order valence-corrected chi connectivity index (χ1v) is 7.21. The second kappa shape index (κ2) is 5.87. The number of likely N-dealkylation sites (tertiary alicyclic amines) is 1. The third kappa shape index (κ3) is 3.09. The number of aromatic nitrogens is 1. The van der Waals surface area contributed by atoms with Gasteiger partial charge in [0.05, 0.1) is 6.10 Å². The van der Waals surface area contributed by atoms with Gasteiger partial charge in [-0.2, -0.15) is 0 Å². The predicted molar refractivity (Wildman–Crippen MR) is 78.1 cm³/mol. The van der Waals surface area contributed by atoms with E-state index in [9.17, 15) is 9.90 Å². The summed E-state index contributed by atoms with van der Waals surface area (Å²) in [5.41, 5.74) is 1.06. The fourth-order valence-electron chi connectivity index (χ4n) is 2.38. The first kappa shape index (κ1) is 14.1. The highest BCUT2D eigenvalue weighted by atomic mass is 35.5. The summed E-state index contributed by atoms with van der Waals surface area (Å²) in [6.45, 7) is 1.08. The highest BCUT2D eigenvalue weighted by Gasteiger charge is 2.24. The Morgan fingerprint density at radius 3 is 2.81 bits per heavy atom. The standard InChI is InChI=1S/C15H15ClN2O3/c16-11-3-1-2-10(8-11)14-9-13(17-21-14)15(20)18-6-4-12(19)5-7-18/h1-3,8-9,12,19H,4-7H2. The van der Waals surface area contributed by atoms with Crippen LogP contribution in [-0.2, 0) is 0 Å². The number of hydrogen-bond donors (Lipinski definition) is 1. The van der Waals surface area contributed by atoms with Gasteiger partial charge in [0.1, 0.15) is 0 Å². The van der Waals surface area contributed by atoms with Gasteiger partial charge in [-0.3, -0.25) is 4.79 Å². The van der Waals surface area contributed by atoms with Crippen molar-refractivity contribution < 1.29 is 14.4 Å². The molecule has 1 amide bonds. The number of halogens is 1. The zero-order valence-electron chi connectivity index (χ0n) is 11.3. The molecule has 0 radical (unpaired) electrons. The van der Waals surface area contributed by atoms with Crippen molar-refractivity contribution >= 4 is 17.5 Å². The van der Waals surface area contributed by atoms with Crippen LogP contribution in [0.1, 0.15) is 23.3 Å². The highest BCUT2D eigenvalue weighted by Crippen LogP contribution is 2.24. The number of aliphatic hydroxyl groups excluding tert-OH is 1. The molecule has 3 rings (SSSR count). The average Bonchev–Trinajstić information content (AvgIpc) is 2.97. The first-order chi connectivity index (χ1) is 10.1. The molecule has 6 heteroatoms. The quantitative estimate of drug-likeness (QED) is 0.926. The Hall–Kier alpha value is -1.85. The number of benzene rings is 1. The molecule has 1 fully saturated rings. The van der Waals surface area contributed by atoms with Crippen LogP contribution in [0.5, 0.6) is 0 Å². The van der Waals surface area contributed by atoms with Crippen molar-refractivity contribution in [1.82, 2.24) is 10.1 Å². The number of piperidine rings is 1. The summed E-state index contributed by atoms with van der Waals surface area (Å²) in [5.74, 6) is 0.344. The first-order valence-electron chi connectivity index (χ1n) is 6.83. The molecule has 1 N–H and O–H groups in total. The van der Waals surface area contributed by atoms with Gasteiger partial charge in [-0.25, -0.2) is 0 Å². The number of amides is 1. The van der Waals surface area contributed by atoms with Gasteiger partial charge in [-0.15, -0.1) is 0 Å². The zero-order valence-corrected chi connectivity index (χ0v) is 12.1. The molecule has 0 saturated carbocycles. The Morgan fingerprint density at radius 1 is 1.33 bits per heavy atom. The topological polar surface area (TPSA) is 66.6 Å². The molecule has 1 aliphatic rings. The Bertz CT molecular complexity index is 648. The molecule has 0 aliphatic carbocycles.